The molecule has 0 spiro atoms. The molecular formula is C21H26FN5O2. The molecule has 0 saturated carbocycles. The van der Waals surface area contributed by atoms with Gasteiger partial charge in [-0.15, -0.1) is 0 Å². The van der Waals surface area contributed by atoms with Crippen LogP contribution in [0.25, 0.3) is 0 Å². The Labute approximate surface area is 169 Å². The van der Waals surface area contributed by atoms with Gasteiger partial charge in [0, 0.05) is 57.1 Å². The predicted molar refractivity (Wildman–Crippen MR) is 106 cm³/mol. The van der Waals surface area contributed by atoms with Crippen LogP contribution >= 0.6 is 0 Å². The van der Waals surface area contributed by atoms with Crippen molar-refractivity contribution in [2.24, 2.45) is 7.05 Å². The predicted octanol–water partition coefficient (Wildman–Crippen LogP) is 1.12. The standard InChI is InChI=1S/C21H26FN5O2/c1-25-19-7-6-17(27-10-8-26(14-28)9-11-27)12-18(19)20(24-25)21(29)23-13-15-2-4-16(22)5-3-15/h2-5,14,17H,6-13H2,1H3,(H,23,29). The maximum Gasteiger partial charge on any atom is 0.272 e. The maximum atomic E-state index is 13.0. The number of rotatable bonds is 5. The van der Waals surface area contributed by atoms with Gasteiger partial charge in [0.25, 0.3) is 5.91 Å². The highest BCUT2D eigenvalue weighted by Crippen LogP contribution is 2.27. The molecule has 2 heterocycles. The van der Waals surface area contributed by atoms with E-state index >= 15 is 0 Å². The summed E-state index contributed by atoms with van der Waals surface area (Å²) in [5.74, 6) is -0.489. The third-order valence-electron chi connectivity index (χ3n) is 6.02. The van der Waals surface area contributed by atoms with Crippen molar-refractivity contribution < 1.29 is 14.0 Å². The quantitative estimate of drug-likeness (QED) is 0.765. The zero-order chi connectivity index (χ0) is 20.4. The van der Waals surface area contributed by atoms with E-state index in [2.05, 4.69) is 15.3 Å². The van der Waals surface area contributed by atoms with Crippen molar-refractivity contribution in [1.29, 1.82) is 0 Å². The van der Waals surface area contributed by atoms with Crippen molar-refractivity contribution >= 4 is 12.3 Å². The van der Waals surface area contributed by atoms with E-state index in [9.17, 15) is 14.0 Å². The molecule has 8 heteroatoms. The van der Waals surface area contributed by atoms with Crippen LogP contribution in [0.2, 0.25) is 0 Å². The molecule has 154 valence electrons. The number of amides is 2. The molecule has 2 amide bonds. The highest BCUT2D eigenvalue weighted by atomic mass is 19.1. The Bertz CT molecular complexity index is 887. The Hall–Kier alpha value is -2.74. The highest BCUT2D eigenvalue weighted by Gasteiger charge is 2.32. The molecule has 1 atom stereocenters. The van der Waals surface area contributed by atoms with Gasteiger partial charge in [-0.05, 0) is 37.0 Å². The second-order valence-electron chi connectivity index (χ2n) is 7.78. The van der Waals surface area contributed by atoms with Crippen molar-refractivity contribution in [2.75, 3.05) is 26.2 Å². The first-order valence-corrected chi connectivity index (χ1v) is 10.1. The van der Waals surface area contributed by atoms with Gasteiger partial charge in [-0.3, -0.25) is 19.2 Å². The fourth-order valence-corrected chi connectivity index (χ4v) is 4.34. The van der Waals surface area contributed by atoms with Crippen molar-refractivity contribution in [3.05, 3.63) is 52.6 Å². The molecule has 1 unspecified atom stereocenters. The van der Waals surface area contributed by atoms with Gasteiger partial charge in [-0.25, -0.2) is 4.39 Å². The van der Waals surface area contributed by atoms with Crippen LogP contribution in [0.1, 0.15) is 33.7 Å². The van der Waals surface area contributed by atoms with Gasteiger partial charge in [-0.2, -0.15) is 5.10 Å². The van der Waals surface area contributed by atoms with E-state index < -0.39 is 0 Å². The van der Waals surface area contributed by atoms with E-state index in [4.69, 9.17) is 0 Å². The summed E-state index contributed by atoms with van der Waals surface area (Å²) in [5.41, 5.74) is 3.48. The molecule has 2 aliphatic rings. The summed E-state index contributed by atoms with van der Waals surface area (Å²) in [6.07, 6.45) is 3.64. The molecule has 0 radical (unpaired) electrons. The Kier molecular flexibility index (Phi) is 5.62. The van der Waals surface area contributed by atoms with Gasteiger partial charge in [0.2, 0.25) is 6.41 Å². The number of carbonyl (C=O) groups excluding carboxylic acids is 2. The minimum Gasteiger partial charge on any atom is -0.347 e. The van der Waals surface area contributed by atoms with Crippen molar-refractivity contribution in [2.45, 2.75) is 31.8 Å². The second-order valence-corrected chi connectivity index (χ2v) is 7.78. The van der Waals surface area contributed by atoms with Crippen LogP contribution in [-0.2, 0) is 31.2 Å². The van der Waals surface area contributed by atoms with Gasteiger partial charge in [0.15, 0.2) is 5.69 Å². The van der Waals surface area contributed by atoms with Gasteiger partial charge < -0.3 is 10.2 Å². The molecule has 2 aromatic rings. The van der Waals surface area contributed by atoms with Crippen LogP contribution in [0, 0.1) is 5.82 Å². The van der Waals surface area contributed by atoms with Crippen molar-refractivity contribution in [3.8, 4) is 0 Å². The minimum absolute atomic E-state index is 0.197. The molecule has 1 aromatic carbocycles. The first-order chi connectivity index (χ1) is 14.0. The molecule has 1 aromatic heterocycles. The lowest BCUT2D eigenvalue weighted by atomic mass is 9.90. The van der Waals surface area contributed by atoms with E-state index in [1.54, 1.807) is 12.1 Å². The van der Waals surface area contributed by atoms with E-state index in [-0.39, 0.29) is 11.7 Å². The van der Waals surface area contributed by atoms with Crippen LogP contribution in [0.5, 0.6) is 0 Å². The van der Waals surface area contributed by atoms with Crippen LogP contribution in [0.4, 0.5) is 4.39 Å². The van der Waals surface area contributed by atoms with Gasteiger partial charge >= 0.3 is 0 Å². The van der Waals surface area contributed by atoms with E-state index in [0.29, 0.717) is 18.3 Å². The van der Waals surface area contributed by atoms with Crippen LogP contribution in [-0.4, -0.2) is 64.1 Å². The molecule has 0 bridgehead atoms. The number of nitrogens with zero attached hydrogens (tertiary/aromatic N) is 4. The summed E-state index contributed by atoms with van der Waals surface area (Å²) in [6, 6.07) is 6.47. The van der Waals surface area contributed by atoms with Gasteiger partial charge in [-0.1, -0.05) is 12.1 Å². The lowest BCUT2D eigenvalue weighted by molar-refractivity contribution is -0.120. The van der Waals surface area contributed by atoms with Gasteiger partial charge in [0.1, 0.15) is 5.82 Å². The molecular weight excluding hydrogens is 373 g/mol. The molecule has 1 aliphatic carbocycles. The fraction of sp³-hybridized carbons (Fsp3) is 0.476. The molecule has 1 aliphatic heterocycles. The zero-order valence-electron chi connectivity index (χ0n) is 16.6. The third kappa shape index (κ3) is 4.17. The Morgan fingerprint density at radius 2 is 1.97 bits per heavy atom. The SMILES string of the molecule is Cn1nc(C(=O)NCc2ccc(F)cc2)c2c1CCC(N1CCN(C=O)CC1)C2. The maximum absolute atomic E-state index is 13.0. The highest BCUT2D eigenvalue weighted by molar-refractivity contribution is 5.94. The lowest BCUT2D eigenvalue weighted by Crippen LogP contribution is -2.51. The first kappa shape index (κ1) is 19.6. The number of nitrogens with one attached hydrogen (secondary N) is 1. The zero-order valence-corrected chi connectivity index (χ0v) is 16.6. The Morgan fingerprint density at radius 3 is 2.66 bits per heavy atom. The van der Waals surface area contributed by atoms with Gasteiger partial charge in [0.05, 0.1) is 0 Å². The van der Waals surface area contributed by atoms with E-state index in [1.165, 1.54) is 12.1 Å². The Balaban J connectivity index is 1.44. The second kappa shape index (κ2) is 8.32. The average Bonchev–Trinajstić information content (AvgIpc) is 3.09. The number of piperazine rings is 1. The van der Waals surface area contributed by atoms with Crippen LogP contribution in [0.15, 0.2) is 24.3 Å². The smallest absolute Gasteiger partial charge is 0.272 e. The third-order valence-corrected chi connectivity index (χ3v) is 6.02. The monoisotopic (exact) mass is 399 g/mol. The number of fused-ring (bicyclic) bond motifs is 1. The summed E-state index contributed by atoms with van der Waals surface area (Å²) in [5, 5.41) is 7.40. The minimum atomic E-state index is -0.293. The van der Waals surface area contributed by atoms with Crippen LogP contribution in [0.3, 0.4) is 0 Å². The van der Waals surface area contributed by atoms with E-state index in [0.717, 1.165) is 68.7 Å². The Morgan fingerprint density at radius 1 is 1.24 bits per heavy atom. The number of aromatic nitrogens is 2. The average molecular weight is 399 g/mol. The summed E-state index contributed by atoms with van der Waals surface area (Å²) >= 11 is 0. The molecule has 29 heavy (non-hydrogen) atoms. The molecule has 1 saturated heterocycles. The topological polar surface area (TPSA) is 70.5 Å². The number of aryl methyl sites for hydroxylation is 1. The number of carbonyl (C=O) groups is 2. The molecule has 1 fully saturated rings. The summed E-state index contributed by atoms with van der Waals surface area (Å²) in [4.78, 5) is 28.0. The number of benzene rings is 1. The lowest BCUT2D eigenvalue weighted by Gasteiger charge is -2.39. The molecule has 7 nitrogen and oxygen atoms in total. The van der Waals surface area contributed by atoms with Crippen molar-refractivity contribution in [3.63, 3.8) is 0 Å². The first-order valence-electron chi connectivity index (χ1n) is 10.1. The molecule has 4 rings (SSSR count). The summed E-state index contributed by atoms with van der Waals surface area (Å²) < 4.78 is 14.9. The van der Waals surface area contributed by atoms with E-state index in [1.807, 2.05) is 16.6 Å². The molecule has 1 N–H and O–H groups in total. The number of hydrogen-bond donors (Lipinski definition) is 1. The summed E-state index contributed by atoms with van der Waals surface area (Å²) in [6.45, 7) is 3.58. The van der Waals surface area contributed by atoms with Crippen LogP contribution < -0.4 is 5.32 Å². The fourth-order valence-electron chi connectivity index (χ4n) is 4.34. The normalized spacial score (nSPS) is 19.7. The summed E-state index contributed by atoms with van der Waals surface area (Å²) in [7, 11) is 1.89. The number of hydrogen-bond acceptors (Lipinski definition) is 4. The number of halogens is 1. The van der Waals surface area contributed by atoms with Crippen molar-refractivity contribution in [1.82, 2.24) is 24.9 Å². The largest absolute Gasteiger partial charge is 0.347 e.